The van der Waals surface area contributed by atoms with Crippen molar-refractivity contribution in [2.75, 3.05) is 32.8 Å². The molecule has 2 aliphatic heterocycles. The first kappa shape index (κ1) is 25.0. The van der Waals surface area contributed by atoms with Crippen LogP contribution in [0.25, 0.3) is 0 Å². The molecule has 3 heterocycles. The number of morpholine rings is 1. The number of thiazole rings is 1. The summed E-state index contributed by atoms with van der Waals surface area (Å²) in [4.78, 5) is 35.2. The number of esters is 1. The standard InChI is InChI=1S/C24H27FN4O5S/c1-2-33-24(32)20-18(14-29-10-11-34-15(13-29)7-8-19(30)31)27-22(23-26-9-12-35-23)28-21(20)16-5-3-4-6-17(16)25/h3-6,9,12,15,21H,2,7-8,10-11,13-14H2,1H3,(H,27,28)(H,30,31)/t15-,21-/m0/s1. The number of amidine groups is 1. The van der Waals surface area contributed by atoms with Gasteiger partial charge in [-0.1, -0.05) is 18.2 Å². The fourth-order valence-electron chi connectivity index (χ4n) is 4.15. The maximum Gasteiger partial charge on any atom is 0.338 e. The van der Waals surface area contributed by atoms with E-state index >= 15 is 0 Å². The number of carbonyl (C=O) groups excluding carboxylic acids is 1. The summed E-state index contributed by atoms with van der Waals surface area (Å²) in [5.74, 6) is -1.46. The number of carboxylic acids is 1. The lowest BCUT2D eigenvalue weighted by Crippen LogP contribution is -2.46. The van der Waals surface area contributed by atoms with Crippen molar-refractivity contribution in [2.24, 2.45) is 4.99 Å². The Labute approximate surface area is 206 Å². The summed E-state index contributed by atoms with van der Waals surface area (Å²) < 4.78 is 26.0. The van der Waals surface area contributed by atoms with Crippen molar-refractivity contribution in [3.05, 3.63) is 63.5 Å². The second kappa shape index (κ2) is 11.5. The number of aliphatic imine (C=N–C) groups is 1. The molecule has 0 aliphatic carbocycles. The van der Waals surface area contributed by atoms with E-state index in [0.29, 0.717) is 49.2 Å². The second-order valence-corrected chi connectivity index (χ2v) is 9.03. The molecule has 1 aromatic carbocycles. The molecule has 4 rings (SSSR count). The fraction of sp³-hybridized carbons (Fsp3) is 0.417. The van der Waals surface area contributed by atoms with E-state index in [-0.39, 0.29) is 30.3 Å². The highest BCUT2D eigenvalue weighted by atomic mass is 32.1. The predicted octanol–water partition coefficient (Wildman–Crippen LogP) is 2.76. The monoisotopic (exact) mass is 502 g/mol. The maximum atomic E-state index is 14.9. The fourth-order valence-corrected chi connectivity index (χ4v) is 4.74. The first-order valence-electron chi connectivity index (χ1n) is 11.4. The molecule has 1 saturated heterocycles. The smallest absolute Gasteiger partial charge is 0.338 e. The summed E-state index contributed by atoms with van der Waals surface area (Å²) in [6.07, 6.45) is 1.84. The number of nitrogens with one attached hydrogen (secondary N) is 1. The third kappa shape index (κ3) is 6.11. The molecule has 35 heavy (non-hydrogen) atoms. The number of aromatic nitrogens is 1. The Morgan fingerprint density at radius 1 is 1.37 bits per heavy atom. The minimum atomic E-state index is -0.908. The van der Waals surface area contributed by atoms with Gasteiger partial charge in [0, 0.05) is 48.9 Å². The molecule has 1 fully saturated rings. The summed E-state index contributed by atoms with van der Waals surface area (Å²) in [5, 5.41) is 14.7. The van der Waals surface area contributed by atoms with E-state index < -0.39 is 23.8 Å². The molecular weight excluding hydrogens is 475 g/mol. The number of hydrogen-bond acceptors (Lipinski definition) is 9. The van der Waals surface area contributed by atoms with Crippen molar-refractivity contribution in [1.82, 2.24) is 15.2 Å². The van der Waals surface area contributed by atoms with E-state index in [4.69, 9.17) is 19.6 Å². The molecule has 2 atom stereocenters. The number of hydrogen-bond donors (Lipinski definition) is 2. The average molecular weight is 503 g/mol. The van der Waals surface area contributed by atoms with Crippen molar-refractivity contribution in [1.29, 1.82) is 0 Å². The van der Waals surface area contributed by atoms with Gasteiger partial charge in [-0.3, -0.25) is 14.7 Å². The minimum Gasteiger partial charge on any atom is -0.481 e. The van der Waals surface area contributed by atoms with Crippen LogP contribution < -0.4 is 5.32 Å². The van der Waals surface area contributed by atoms with Gasteiger partial charge < -0.3 is 19.9 Å². The number of ether oxygens (including phenoxy) is 2. The predicted molar refractivity (Wildman–Crippen MR) is 128 cm³/mol. The molecule has 2 aliphatic rings. The summed E-state index contributed by atoms with van der Waals surface area (Å²) in [6.45, 7) is 3.75. The quantitative estimate of drug-likeness (QED) is 0.504. The molecule has 2 aromatic rings. The largest absolute Gasteiger partial charge is 0.481 e. The van der Waals surface area contributed by atoms with Crippen LogP contribution in [-0.4, -0.2) is 71.7 Å². The second-order valence-electron chi connectivity index (χ2n) is 8.14. The normalized spacial score (nSPS) is 20.8. The first-order chi connectivity index (χ1) is 17.0. The van der Waals surface area contributed by atoms with Crippen LogP contribution in [0.2, 0.25) is 0 Å². The lowest BCUT2D eigenvalue weighted by molar-refractivity contribution is -0.139. The Balaban J connectivity index is 1.70. The van der Waals surface area contributed by atoms with Gasteiger partial charge in [0.25, 0.3) is 0 Å². The van der Waals surface area contributed by atoms with E-state index in [1.54, 1.807) is 31.3 Å². The summed E-state index contributed by atoms with van der Waals surface area (Å²) >= 11 is 1.38. The molecule has 1 aromatic heterocycles. The Bertz CT molecular complexity index is 1120. The van der Waals surface area contributed by atoms with Gasteiger partial charge in [-0.2, -0.15) is 0 Å². The Morgan fingerprint density at radius 3 is 2.91 bits per heavy atom. The van der Waals surface area contributed by atoms with Gasteiger partial charge in [-0.25, -0.2) is 14.2 Å². The highest BCUT2D eigenvalue weighted by Crippen LogP contribution is 2.34. The Hall–Kier alpha value is -3.15. The first-order valence-corrected chi connectivity index (χ1v) is 12.3. The van der Waals surface area contributed by atoms with Gasteiger partial charge in [0.05, 0.1) is 24.9 Å². The minimum absolute atomic E-state index is 0.0176. The van der Waals surface area contributed by atoms with Gasteiger partial charge in [-0.05, 0) is 19.4 Å². The zero-order valence-corrected chi connectivity index (χ0v) is 20.1. The Kier molecular flexibility index (Phi) is 8.21. The molecule has 0 amide bonds. The topological polar surface area (TPSA) is 113 Å². The van der Waals surface area contributed by atoms with E-state index in [2.05, 4.69) is 15.2 Å². The van der Waals surface area contributed by atoms with Gasteiger partial charge in [0.15, 0.2) is 10.8 Å². The number of carbonyl (C=O) groups is 2. The van der Waals surface area contributed by atoms with E-state index in [1.165, 1.54) is 17.4 Å². The maximum absolute atomic E-state index is 14.9. The Morgan fingerprint density at radius 2 is 2.20 bits per heavy atom. The summed E-state index contributed by atoms with van der Waals surface area (Å²) in [5.41, 5.74) is 1.06. The van der Waals surface area contributed by atoms with E-state index in [0.717, 1.165) is 0 Å². The van der Waals surface area contributed by atoms with Gasteiger partial charge in [0.2, 0.25) is 0 Å². The summed E-state index contributed by atoms with van der Waals surface area (Å²) in [6, 6.07) is 5.34. The third-order valence-corrected chi connectivity index (χ3v) is 6.52. The van der Waals surface area contributed by atoms with Crippen LogP contribution in [0.1, 0.15) is 36.4 Å². The third-order valence-electron chi connectivity index (χ3n) is 5.74. The number of rotatable bonds is 9. The number of halogens is 1. The van der Waals surface area contributed by atoms with Gasteiger partial charge >= 0.3 is 11.9 Å². The molecule has 0 radical (unpaired) electrons. The molecule has 0 saturated carbocycles. The van der Waals surface area contributed by atoms with E-state index in [1.807, 2.05) is 5.38 Å². The summed E-state index contributed by atoms with van der Waals surface area (Å²) in [7, 11) is 0. The van der Waals surface area contributed by atoms with Crippen LogP contribution in [0.5, 0.6) is 0 Å². The SMILES string of the molecule is CCOC(=O)C1=C(CN2CCO[C@@H](CCC(=O)O)C2)NC(c2nccs2)=N[C@H]1c1ccccc1F. The lowest BCUT2D eigenvalue weighted by Gasteiger charge is -2.35. The molecular formula is C24H27FN4O5S. The highest BCUT2D eigenvalue weighted by molar-refractivity contribution is 7.11. The number of carboxylic acid groups (broad SMARTS) is 1. The van der Waals surface area contributed by atoms with Crippen LogP contribution in [0.15, 0.2) is 52.1 Å². The van der Waals surface area contributed by atoms with Gasteiger partial charge in [-0.15, -0.1) is 11.3 Å². The number of nitrogens with zero attached hydrogens (tertiary/aromatic N) is 3. The van der Waals surface area contributed by atoms with Crippen LogP contribution in [-0.2, 0) is 19.1 Å². The molecule has 186 valence electrons. The van der Waals surface area contributed by atoms with Crippen molar-refractivity contribution in [3.8, 4) is 0 Å². The number of benzene rings is 1. The van der Waals surface area contributed by atoms with Gasteiger partial charge in [0.1, 0.15) is 11.9 Å². The van der Waals surface area contributed by atoms with Crippen LogP contribution in [0.3, 0.4) is 0 Å². The molecule has 0 spiro atoms. The van der Waals surface area contributed by atoms with Crippen molar-refractivity contribution in [3.63, 3.8) is 0 Å². The highest BCUT2D eigenvalue weighted by Gasteiger charge is 2.35. The number of aliphatic carboxylic acids is 1. The lowest BCUT2D eigenvalue weighted by atomic mass is 9.94. The molecule has 0 unspecified atom stereocenters. The molecule has 2 N–H and O–H groups in total. The zero-order chi connectivity index (χ0) is 24.8. The van der Waals surface area contributed by atoms with Crippen molar-refractivity contribution in [2.45, 2.75) is 31.9 Å². The average Bonchev–Trinajstić information content (AvgIpc) is 3.38. The van der Waals surface area contributed by atoms with Crippen LogP contribution in [0, 0.1) is 5.82 Å². The van der Waals surface area contributed by atoms with Crippen LogP contribution >= 0.6 is 11.3 Å². The molecule has 11 heteroatoms. The van der Waals surface area contributed by atoms with Crippen molar-refractivity contribution < 1.29 is 28.6 Å². The van der Waals surface area contributed by atoms with Crippen LogP contribution in [0.4, 0.5) is 4.39 Å². The molecule has 9 nitrogen and oxygen atoms in total. The molecule has 0 bridgehead atoms. The zero-order valence-electron chi connectivity index (χ0n) is 19.3. The van der Waals surface area contributed by atoms with E-state index in [9.17, 15) is 14.0 Å². The van der Waals surface area contributed by atoms with Crippen molar-refractivity contribution >= 4 is 29.1 Å².